The zero-order chi connectivity index (χ0) is 35.3. The number of aryl methyl sites for hydroxylation is 1. The van der Waals surface area contributed by atoms with Gasteiger partial charge in [0.25, 0.3) is 5.91 Å². The topological polar surface area (TPSA) is 206 Å². The number of halogens is 1. The first kappa shape index (κ1) is 36.5. The lowest BCUT2D eigenvalue weighted by Crippen LogP contribution is -2.57. The van der Waals surface area contributed by atoms with Crippen molar-refractivity contribution in [3.8, 4) is 5.75 Å². The van der Waals surface area contributed by atoms with Crippen LogP contribution >= 0.6 is 0 Å². The van der Waals surface area contributed by atoms with Gasteiger partial charge in [-0.2, -0.15) is 0 Å². The summed E-state index contributed by atoms with van der Waals surface area (Å²) in [5, 5.41) is 31.5. The minimum Gasteiger partial charge on any atom is -0.493 e. The van der Waals surface area contributed by atoms with Crippen molar-refractivity contribution in [1.82, 2.24) is 41.6 Å². The maximum Gasteiger partial charge on any atom is 0.255 e. The Morgan fingerprint density at radius 2 is 1.73 bits per heavy atom. The molecule has 2 aromatic carbocycles. The molecule has 0 saturated heterocycles. The Kier molecular flexibility index (Phi) is 13.2. The van der Waals surface area contributed by atoms with Crippen molar-refractivity contribution in [3.63, 3.8) is 0 Å². The smallest absolute Gasteiger partial charge is 0.255 e. The molecular formula is C33H41FN8O7. The molecule has 0 spiro atoms. The molecule has 2 heterocycles. The summed E-state index contributed by atoms with van der Waals surface area (Å²) in [6, 6.07) is 9.05. The third kappa shape index (κ3) is 10.8. The second-order valence-electron chi connectivity index (χ2n) is 11.5. The Bertz CT molecular complexity index is 1620. The molecule has 262 valence electrons. The van der Waals surface area contributed by atoms with E-state index < -0.39 is 59.6 Å². The summed E-state index contributed by atoms with van der Waals surface area (Å²) < 4.78 is 21.5. The van der Waals surface area contributed by atoms with Crippen LogP contribution in [0.4, 0.5) is 4.39 Å². The highest BCUT2D eigenvalue weighted by Crippen LogP contribution is 2.20. The fraction of sp³-hybridized carbons (Fsp3) is 0.424. The molecule has 6 N–H and O–H groups in total. The van der Waals surface area contributed by atoms with Gasteiger partial charge < -0.3 is 36.4 Å². The minimum atomic E-state index is -1.41. The summed E-state index contributed by atoms with van der Waals surface area (Å²) in [6.07, 6.45) is 0.810. The Morgan fingerprint density at radius 3 is 2.47 bits per heavy atom. The van der Waals surface area contributed by atoms with Gasteiger partial charge in [0.1, 0.15) is 35.4 Å². The number of nitrogens with one attached hydrogen (secondary N) is 5. The summed E-state index contributed by atoms with van der Waals surface area (Å²) >= 11 is 0. The number of aromatic nitrogens is 3. The third-order valence-corrected chi connectivity index (χ3v) is 7.68. The highest BCUT2D eigenvalue weighted by molar-refractivity contribution is 5.99. The van der Waals surface area contributed by atoms with Crippen molar-refractivity contribution in [1.29, 1.82) is 0 Å². The summed E-state index contributed by atoms with van der Waals surface area (Å²) in [6.45, 7) is 3.37. The molecule has 49 heavy (non-hydrogen) atoms. The van der Waals surface area contributed by atoms with Gasteiger partial charge in [0.2, 0.25) is 23.6 Å². The molecule has 0 radical (unpaired) electrons. The van der Waals surface area contributed by atoms with Crippen molar-refractivity contribution in [2.45, 2.75) is 76.8 Å². The number of carbonyl (C=O) groups excluding carboxylic acids is 5. The second kappa shape index (κ2) is 17.7. The molecule has 4 rings (SSSR count). The lowest BCUT2D eigenvalue weighted by molar-refractivity contribution is -0.134. The molecule has 2 bridgehead atoms. The van der Waals surface area contributed by atoms with Crippen LogP contribution < -0.4 is 31.3 Å². The quantitative estimate of drug-likeness (QED) is 0.221. The van der Waals surface area contributed by atoms with E-state index in [-0.39, 0.29) is 50.3 Å². The first-order valence-electron chi connectivity index (χ1n) is 16.0. The standard InChI is InChI=1S/C33H41FN8O7/c1-3-25-31(46)35-13-12-28(44)39-29(20(2)43)33(48)38-26(16-21-8-5-4-6-9-21)32(47)36-18-23-19-42(41-40-23)14-7-15-49-27-11-10-22(34)17-24(27)30(45)37-25/h4-6,8-11,17,19-20,25-26,29,43H,3,7,12-16,18H2,1-2H3,(H,35,46)(H,36,47)(H,37,45)(H,38,48)(H,39,44)/t20-,25+,26-,29+/m1/s1. The van der Waals surface area contributed by atoms with Crippen LogP contribution in [-0.4, -0.2) is 87.0 Å². The van der Waals surface area contributed by atoms with E-state index in [2.05, 4.69) is 36.9 Å². The molecule has 4 atom stereocenters. The average molecular weight is 681 g/mol. The molecular weight excluding hydrogens is 639 g/mol. The van der Waals surface area contributed by atoms with Gasteiger partial charge in [-0.05, 0) is 37.1 Å². The molecule has 3 aromatic rings. The van der Waals surface area contributed by atoms with Crippen LogP contribution in [0.5, 0.6) is 5.75 Å². The van der Waals surface area contributed by atoms with E-state index in [4.69, 9.17) is 4.74 Å². The van der Waals surface area contributed by atoms with Crippen LogP contribution in [0.1, 0.15) is 54.7 Å². The summed E-state index contributed by atoms with van der Waals surface area (Å²) in [7, 11) is 0. The monoisotopic (exact) mass is 680 g/mol. The maximum atomic E-state index is 14.1. The highest BCUT2D eigenvalue weighted by Gasteiger charge is 2.30. The fourth-order valence-electron chi connectivity index (χ4n) is 5.03. The molecule has 0 aliphatic carbocycles. The average Bonchev–Trinajstić information content (AvgIpc) is 3.54. The van der Waals surface area contributed by atoms with Crippen LogP contribution in [0.15, 0.2) is 54.7 Å². The zero-order valence-corrected chi connectivity index (χ0v) is 27.3. The number of rotatable bonds is 4. The number of carbonyl (C=O) groups is 5. The number of aliphatic hydroxyl groups excluding tert-OH is 1. The first-order chi connectivity index (χ1) is 23.5. The van der Waals surface area contributed by atoms with Gasteiger partial charge in [0.05, 0.1) is 31.0 Å². The molecule has 1 aromatic heterocycles. The number of hydrogen-bond donors (Lipinski definition) is 6. The Morgan fingerprint density at radius 1 is 0.980 bits per heavy atom. The number of ether oxygens (including phenoxy) is 1. The van der Waals surface area contributed by atoms with Crippen molar-refractivity contribution < 1.29 is 38.2 Å². The summed E-state index contributed by atoms with van der Waals surface area (Å²) in [4.78, 5) is 65.4. The Hall–Kier alpha value is -5.38. The van der Waals surface area contributed by atoms with E-state index in [9.17, 15) is 33.5 Å². The first-order valence-corrected chi connectivity index (χ1v) is 16.0. The molecule has 0 unspecified atom stereocenters. The maximum absolute atomic E-state index is 14.1. The predicted molar refractivity (Wildman–Crippen MR) is 173 cm³/mol. The van der Waals surface area contributed by atoms with E-state index >= 15 is 0 Å². The van der Waals surface area contributed by atoms with Gasteiger partial charge in [-0.15, -0.1) is 5.10 Å². The number of aliphatic hydroxyl groups is 1. The van der Waals surface area contributed by atoms with Gasteiger partial charge >= 0.3 is 0 Å². The van der Waals surface area contributed by atoms with Crippen molar-refractivity contribution >= 4 is 29.5 Å². The van der Waals surface area contributed by atoms with Crippen LogP contribution in [0.25, 0.3) is 0 Å². The molecule has 16 heteroatoms. The van der Waals surface area contributed by atoms with E-state index in [0.717, 1.165) is 17.7 Å². The van der Waals surface area contributed by atoms with Crippen molar-refractivity contribution in [2.24, 2.45) is 0 Å². The molecule has 1 aliphatic rings. The van der Waals surface area contributed by atoms with Gasteiger partial charge in [-0.1, -0.05) is 42.5 Å². The molecule has 15 nitrogen and oxygen atoms in total. The fourth-order valence-corrected chi connectivity index (χ4v) is 5.03. The third-order valence-electron chi connectivity index (χ3n) is 7.68. The normalized spacial score (nSPS) is 21.2. The predicted octanol–water partition coefficient (Wildman–Crippen LogP) is 0.124. The molecule has 5 amide bonds. The molecule has 1 aliphatic heterocycles. The number of hydrogen-bond acceptors (Lipinski definition) is 9. The molecule has 0 saturated carbocycles. The second-order valence-corrected chi connectivity index (χ2v) is 11.5. The Balaban J connectivity index is 1.55. The van der Waals surface area contributed by atoms with Crippen LogP contribution in [0, 0.1) is 5.82 Å². The van der Waals surface area contributed by atoms with Gasteiger partial charge in [0.15, 0.2) is 0 Å². The number of benzene rings is 2. The number of nitrogens with zero attached hydrogens (tertiary/aromatic N) is 3. The number of amides is 5. The summed E-state index contributed by atoms with van der Waals surface area (Å²) in [5.74, 6) is -3.81. The lowest BCUT2D eigenvalue weighted by Gasteiger charge is -2.25. The van der Waals surface area contributed by atoms with Crippen molar-refractivity contribution in [2.75, 3.05) is 13.2 Å². The van der Waals surface area contributed by atoms with Crippen molar-refractivity contribution in [3.05, 3.63) is 77.4 Å². The zero-order valence-electron chi connectivity index (χ0n) is 27.3. The largest absolute Gasteiger partial charge is 0.493 e. The van der Waals surface area contributed by atoms with Gasteiger partial charge in [-0.3, -0.25) is 28.7 Å². The Labute approximate surface area is 282 Å². The minimum absolute atomic E-state index is 0.00554. The lowest BCUT2D eigenvalue weighted by atomic mass is 10.0. The summed E-state index contributed by atoms with van der Waals surface area (Å²) in [5.41, 5.74) is 1.12. The van der Waals surface area contributed by atoms with Crippen LogP contribution in [-0.2, 0) is 38.7 Å². The van der Waals surface area contributed by atoms with E-state index in [1.54, 1.807) is 42.1 Å². The van der Waals surface area contributed by atoms with E-state index in [1.165, 1.54) is 13.0 Å². The molecule has 0 fully saturated rings. The highest BCUT2D eigenvalue weighted by atomic mass is 19.1. The van der Waals surface area contributed by atoms with Gasteiger partial charge in [-0.25, -0.2) is 4.39 Å². The SMILES string of the molecule is CC[C@@H]1NC(=O)c2cc(F)ccc2OCCCn2cc(nn2)CNC(=O)[C@@H](Cc2ccccc2)NC(=O)[C@H]([C@@H](C)O)NC(=O)CCNC1=O. The van der Waals surface area contributed by atoms with E-state index in [0.29, 0.717) is 18.7 Å². The van der Waals surface area contributed by atoms with Crippen LogP contribution in [0.3, 0.4) is 0 Å². The number of fused-ring (bicyclic) bond motifs is 3. The van der Waals surface area contributed by atoms with Crippen LogP contribution in [0.2, 0.25) is 0 Å². The van der Waals surface area contributed by atoms with E-state index in [1.807, 2.05) is 6.07 Å². The van der Waals surface area contributed by atoms with Gasteiger partial charge in [0, 0.05) is 32.4 Å².